The standard InChI is InChI=1S/C23H19ClF3N3O4/c1-28-21(31)20-11-17(8-9-29-20)34-16-5-2-14(3-6-16)12-30-22(32)33-13-15-4-7-19(24)18(10-15)23(25,26)27/h2-11H,12-13H2,1H3,(H,28,31)(H,30,32). The first-order chi connectivity index (χ1) is 16.2. The number of alkyl halides is 3. The zero-order chi connectivity index (χ0) is 24.7. The first kappa shape index (κ1) is 24.8. The predicted molar refractivity (Wildman–Crippen MR) is 118 cm³/mol. The molecule has 11 heteroatoms. The van der Waals surface area contributed by atoms with E-state index in [0.717, 1.165) is 17.7 Å². The number of benzene rings is 2. The van der Waals surface area contributed by atoms with Gasteiger partial charge in [0.05, 0.1) is 10.6 Å². The zero-order valence-electron chi connectivity index (χ0n) is 17.8. The summed E-state index contributed by atoms with van der Waals surface area (Å²) in [5.74, 6) is 0.595. The topological polar surface area (TPSA) is 89.6 Å². The molecule has 0 fully saturated rings. The van der Waals surface area contributed by atoms with Gasteiger partial charge in [-0.1, -0.05) is 29.8 Å². The number of hydrogen-bond donors (Lipinski definition) is 2. The van der Waals surface area contributed by atoms with Crippen LogP contribution in [0.1, 0.15) is 27.2 Å². The Labute approximate surface area is 197 Å². The fraction of sp³-hybridized carbons (Fsp3) is 0.174. The number of nitrogens with one attached hydrogen (secondary N) is 2. The molecular formula is C23H19ClF3N3O4. The lowest BCUT2D eigenvalue weighted by Crippen LogP contribution is -2.23. The summed E-state index contributed by atoms with van der Waals surface area (Å²) in [5.41, 5.74) is 0.113. The second-order valence-electron chi connectivity index (χ2n) is 6.94. The third-order valence-electron chi connectivity index (χ3n) is 4.49. The van der Waals surface area contributed by atoms with Crippen molar-refractivity contribution in [1.82, 2.24) is 15.6 Å². The minimum atomic E-state index is -4.60. The average Bonchev–Trinajstić information content (AvgIpc) is 2.82. The number of carbonyl (C=O) groups is 2. The Balaban J connectivity index is 1.50. The molecule has 2 amide bonds. The van der Waals surface area contributed by atoms with E-state index in [1.165, 1.54) is 25.4 Å². The highest BCUT2D eigenvalue weighted by atomic mass is 35.5. The normalized spacial score (nSPS) is 11.0. The smallest absolute Gasteiger partial charge is 0.417 e. The van der Waals surface area contributed by atoms with E-state index in [9.17, 15) is 22.8 Å². The van der Waals surface area contributed by atoms with Crippen LogP contribution < -0.4 is 15.4 Å². The van der Waals surface area contributed by atoms with E-state index in [1.54, 1.807) is 30.3 Å². The molecule has 0 atom stereocenters. The van der Waals surface area contributed by atoms with Crippen molar-refractivity contribution in [3.63, 3.8) is 0 Å². The van der Waals surface area contributed by atoms with Crippen LogP contribution in [0.5, 0.6) is 11.5 Å². The van der Waals surface area contributed by atoms with Gasteiger partial charge in [-0.2, -0.15) is 13.2 Å². The molecule has 178 valence electrons. The number of rotatable bonds is 7. The lowest BCUT2D eigenvalue weighted by molar-refractivity contribution is -0.137. The first-order valence-corrected chi connectivity index (χ1v) is 10.2. The van der Waals surface area contributed by atoms with E-state index >= 15 is 0 Å². The van der Waals surface area contributed by atoms with Gasteiger partial charge in [0.25, 0.3) is 5.91 Å². The summed E-state index contributed by atoms with van der Waals surface area (Å²) in [6.07, 6.45) is -3.94. The Morgan fingerprint density at radius 1 is 1.00 bits per heavy atom. The Bertz CT molecular complexity index is 1170. The average molecular weight is 494 g/mol. The highest BCUT2D eigenvalue weighted by Crippen LogP contribution is 2.35. The van der Waals surface area contributed by atoms with E-state index in [0.29, 0.717) is 11.5 Å². The Kier molecular flexibility index (Phi) is 7.95. The van der Waals surface area contributed by atoms with Crippen molar-refractivity contribution in [2.45, 2.75) is 19.3 Å². The highest BCUT2D eigenvalue weighted by molar-refractivity contribution is 6.31. The van der Waals surface area contributed by atoms with Gasteiger partial charge in [0, 0.05) is 25.9 Å². The van der Waals surface area contributed by atoms with E-state index in [2.05, 4.69) is 15.6 Å². The number of carbonyl (C=O) groups excluding carboxylic acids is 2. The molecule has 2 aromatic carbocycles. The van der Waals surface area contributed by atoms with E-state index in [-0.39, 0.29) is 30.3 Å². The summed E-state index contributed by atoms with van der Waals surface area (Å²) < 4.78 is 49.4. The number of alkyl carbamates (subject to hydrolysis) is 1. The van der Waals surface area contributed by atoms with E-state index in [4.69, 9.17) is 21.1 Å². The van der Waals surface area contributed by atoms with Crippen LogP contribution >= 0.6 is 11.6 Å². The SMILES string of the molecule is CNC(=O)c1cc(Oc2ccc(CNC(=O)OCc3ccc(Cl)c(C(F)(F)F)c3)cc2)ccn1. The summed E-state index contributed by atoms with van der Waals surface area (Å²) in [6.45, 7) is -0.216. The Hall–Kier alpha value is -3.79. The van der Waals surface area contributed by atoms with Gasteiger partial charge >= 0.3 is 12.3 Å². The largest absolute Gasteiger partial charge is 0.457 e. The molecule has 0 radical (unpaired) electrons. The number of hydrogen-bond acceptors (Lipinski definition) is 5. The number of aromatic nitrogens is 1. The van der Waals surface area contributed by atoms with Gasteiger partial charge in [-0.25, -0.2) is 4.79 Å². The first-order valence-electron chi connectivity index (χ1n) is 9.87. The van der Waals surface area contributed by atoms with Crippen molar-refractivity contribution in [3.05, 3.63) is 88.2 Å². The van der Waals surface area contributed by atoms with E-state index in [1.807, 2.05) is 0 Å². The quantitative estimate of drug-likeness (QED) is 0.464. The summed E-state index contributed by atoms with van der Waals surface area (Å²) in [7, 11) is 1.50. The number of nitrogens with zero attached hydrogens (tertiary/aromatic N) is 1. The van der Waals surface area contributed by atoms with Gasteiger partial charge in [-0.15, -0.1) is 0 Å². The number of ether oxygens (including phenoxy) is 2. The molecule has 0 aliphatic rings. The molecule has 3 aromatic rings. The van der Waals surface area contributed by atoms with Crippen molar-refractivity contribution in [2.24, 2.45) is 0 Å². The van der Waals surface area contributed by atoms with Crippen molar-refractivity contribution in [1.29, 1.82) is 0 Å². The molecule has 7 nitrogen and oxygen atoms in total. The van der Waals surface area contributed by atoms with Gasteiger partial charge in [0.15, 0.2) is 0 Å². The maximum atomic E-state index is 12.9. The van der Waals surface area contributed by atoms with Crippen LogP contribution in [-0.2, 0) is 24.1 Å². The minimum absolute atomic E-state index is 0.129. The molecule has 0 saturated carbocycles. The molecule has 0 aliphatic carbocycles. The summed E-state index contributed by atoms with van der Waals surface area (Å²) in [6, 6.07) is 13.2. The predicted octanol–water partition coefficient (Wildman–Crippen LogP) is 5.33. The number of pyridine rings is 1. The number of amides is 2. The molecule has 0 spiro atoms. The molecule has 0 unspecified atom stereocenters. The van der Waals surface area contributed by atoms with Crippen molar-refractivity contribution in [2.75, 3.05) is 7.05 Å². The summed E-state index contributed by atoms with van der Waals surface area (Å²) >= 11 is 5.58. The van der Waals surface area contributed by atoms with Gasteiger partial charge in [0.2, 0.25) is 0 Å². The van der Waals surface area contributed by atoms with Gasteiger partial charge < -0.3 is 20.1 Å². The lowest BCUT2D eigenvalue weighted by Gasteiger charge is -2.12. The molecule has 34 heavy (non-hydrogen) atoms. The van der Waals surface area contributed by atoms with Crippen LogP contribution in [0, 0.1) is 0 Å². The van der Waals surface area contributed by atoms with Crippen LogP contribution in [0.4, 0.5) is 18.0 Å². The van der Waals surface area contributed by atoms with E-state index < -0.39 is 22.9 Å². The third-order valence-corrected chi connectivity index (χ3v) is 4.82. The lowest BCUT2D eigenvalue weighted by atomic mass is 10.1. The van der Waals surface area contributed by atoms with Crippen LogP contribution in [-0.4, -0.2) is 24.0 Å². The van der Waals surface area contributed by atoms with Crippen molar-refractivity contribution in [3.8, 4) is 11.5 Å². The second-order valence-corrected chi connectivity index (χ2v) is 7.35. The van der Waals surface area contributed by atoms with Gasteiger partial charge in [-0.3, -0.25) is 9.78 Å². The maximum Gasteiger partial charge on any atom is 0.417 e. The van der Waals surface area contributed by atoms with Gasteiger partial charge in [0.1, 0.15) is 23.8 Å². The molecule has 3 rings (SSSR count). The monoisotopic (exact) mass is 493 g/mol. The fourth-order valence-electron chi connectivity index (χ4n) is 2.79. The third kappa shape index (κ3) is 6.85. The van der Waals surface area contributed by atoms with Crippen LogP contribution in [0.2, 0.25) is 5.02 Å². The zero-order valence-corrected chi connectivity index (χ0v) is 18.5. The minimum Gasteiger partial charge on any atom is -0.457 e. The highest BCUT2D eigenvalue weighted by Gasteiger charge is 2.33. The molecule has 1 heterocycles. The van der Waals surface area contributed by atoms with Crippen LogP contribution in [0.3, 0.4) is 0 Å². The Morgan fingerprint density at radius 3 is 2.38 bits per heavy atom. The molecule has 2 N–H and O–H groups in total. The Morgan fingerprint density at radius 2 is 1.71 bits per heavy atom. The molecule has 0 aliphatic heterocycles. The molecule has 0 bridgehead atoms. The summed E-state index contributed by atoms with van der Waals surface area (Å²) in [5, 5.41) is 4.57. The fourth-order valence-corrected chi connectivity index (χ4v) is 3.02. The van der Waals surface area contributed by atoms with Crippen molar-refractivity contribution < 1.29 is 32.2 Å². The molecular weight excluding hydrogens is 475 g/mol. The maximum absolute atomic E-state index is 12.9. The summed E-state index contributed by atoms with van der Waals surface area (Å²) in [4.78, 5) is 27.5. The molecule has 1 aromatic heterocycles. The van der Waals surface area contributed by atoms with Crippen LogP contribution in [0.15, 0.2) is 60.8 Å². The van der Waals surface area contributed by atoms with Crippen LogP contribution in [0.25, 0.3) is 0 Å². The van der Waals surface area contributed by atoms with Crippen molar-refractivity contribution >= 4 is 23.6 Å². The molecule has 0 saturated heterocycles. The number of halogens is 4. The second kappa shape index (κ2) is 10.9. The van der Waals surface area contributed by atoms with Gasteiger partial charge in [-0.05, 0) is 41.5 Å².